The molecule has 0 atom stereocenters. The largest absolute Gasteiger partial charge is 0.520 e. The van der Waals surface area contributed by atoms with Gasteiger partial charge < -0.3 is 34.6 Å². The monoisotopic (exact) mass is 322 g/mol. The second-order valence-corrected chi connectivity index (χ2v) is 0.734. The predicted molar refractivity (Wildman–Crippen MR) is 40.0 cm³/mol. The van der Waals surface area contributed by atoms with E-state index in [1.165, 1.54) is 12.8 Å². The van der Waals surface area contributed by atoms with Crippen LogP contribution in [0.25, 0.3) is 0 Å². The van der Waals surface area contributed by atoms with Crippen LogP contribution >= 0.6 is 0 Å². The molecule has 0 unspecified atom stereocenters. The van der Waals surface area contributed by atoms with Gasteiger partial charge in [0.1, 0.15) is 0 Å². The molecule has 2 N–H and O–H groups in total. The molecule has 0 aliphatic carbocycles. The average molecular weight is 322 g/mol. The fourth-order valence-electron chi connectivity index (χ4n) is 0.116. The van der Waals surface area contributed by atoms with E-state index >= 15 is 0 Å². The zero-order valence-corrected chi connectivity index (χ0v) is 13.1. The molecule has 0 bridgehead atoms. The molecule has 2 radical (unpaired) electrons. The number of amides is 2. The Morgan fingerprint density at radius 3 is 1.50 bits per heavy atom. The third-order valence-corrected chi connectivity index (χ3v) is 0.321. The maximum Gasteiger partial charge on any atom is 0.0290 e. The van der Waals surface area contributed by atoms with Gasteiger partial charge in [-0.2, -0.15) is 19.7 Å². The number of carbonyl (C=O) groups excluding carboxylic acids is 2. The van der Waals surface area contributed by atoms with Gasteiger partial charge >= 0.3 is 0 Å². The summed E-state index contributed by atoms with van der Waals surface area (Å²) in [4.78, 5) is 18.5. The Labute approximate surface area is 125 Å². The Kier molecular flexibility index (Phi) is 97.3. The van der Waals surface area contributed by atoms with Crippen molar-refractivity contribution < 1.29 is 75.0 Å². The van der Waals surface area contributed by atoms with Crippen molar-refractivity contribution in [3.63, 3.8) is 0 Å². The number of hydrogen-bond acceptors (Lipinski definition) is 2. The van der Waals surface area contributed by atoms with Crippen molar-refractivity contribution in [2.24, 2.45) is 0 Å². The number of hydrogen-bond donors (Lipinski definition) is 2. The van der Waals surface area contributed by atoms with Gasteiger partial charge in [-0.3, -0.25) is 0 Å². The SMILES string of the molecule is O=[C-]NCN[C-]=O.[CH2-]C.[CH3-].[Y].[Y]. The first-order chi connectivity index (χ1) is 4.41. The van der Waals surface area contributed by atoms with Crippen LogP contribution in [0.2, 0.25) is 0 Å². The van der Waals surface area contributed by atoms with Crippen molar-refractivity contribution in [1.29, 1.82) is 0 Å². The fraction of sp³-hybridized carbons (Fsp3) is 0.333. The minimum Gasteiger partial charge on any atom is -0.520 e. The molecule has 0 spiro atoms. The molecule has 6 heteroatoms. The Balaban J connectivity index is -0.0000000303. The zero-order chi connectivity index (χ0) is 7.54. The van der Waals surface area contributed by atoms with Crippen molar-refractivity contribution in [1.82, 2.24) is 10.6 Å². The van der Waals surface area contributed by atoms with E-state index in [9.17, 15) is 9.59 Å². The number of rotatable bonds is 4. The van der Waals surface area contributed by atoms with E-state index in [2.05, 4.69) is 17.6 Å². The summed E-state index contributed by atoms with van der Waals surface area (Å²) in [6.45, 7) is 5.09. The minimum absolute atomic E-state index is 0. The molecular formula is C6H12N2O2Y2-4. The first-order valence-electron chi connectivity index (χ1n) is 2.32. The van der Waals surface area contributed by atoms with Crippen molar-refractivity contribution in [2.75, 3.05) is 6.67 Å². The van der Waals surface area contributed by atoms with Gasteiger partial charge in [-0.1, -0.05) is 0 Å². The van der Waals surface area contributed by atoms with E-state index in [1.54, 1.807) is 6.92 Å². The van der Waals surface area contributed by atoms with Crippen molar-refractivity contribution in [3.8, 4) is 0 Å². The summed E-state index contributed by atoms with van der Waals surface area (Å²) in [5, 5.41) is 4.14. The zero-order valence-electron chi connectivity index (χ0n) is 7.39. The first kappa shape index (κ1) is 29.2. The molecule has 0 fully saturated rings. The molecule has 4 nitrogen and oxygen atoms in total. The van der Waals surface area contributed by atoms with Crippen LogP contribution in [0.4, 0.5) is 0 Å². The summed E-state index contributed by atoms with van der Waals surface area (Å²) in [7, 11) is 0. The molecule has 12 heavy (non-hydrogen) atoms. The molecular weight excluding hydrogens is 310 g/mol. The second kappa shape index (κ2) is 39.9. The minimum atomic E-state index is 0. The van der Waals surface area contributed by atoms with Gasteiger partial charge in [-0.25, -0.2) is 0 Å². The average Bonchev–Trinajstić information content (AvgIpc) is 1.94. The van der Waals surface area contributed by atoms with E-state index in [4.69, 9.17) is 0 Å². The van der Waals surface area contributed by atoms with Crippen LogP contribution in [0.3, 0.4) is 0 Å². The van der Waals surface area contributed by atoms with Crippen LogP contribution in [0, 0.1) is 14.4 Å². The molecule has 68 valence electrons. The molecule has 0 aromatic rings. The maximum absolute atomic E-state index is 9.27. The van der Waals surface area contributed by atoms with E-state index < -0.39 is 0 Å². The van der Waals surface area contributed by atoms with Gasteiger partial charge in [-0.15, -0.1) is 0 Å². The summed E-state index contributed by atoms with van der Waals surface area (Å²) in [5.41, 5.74) is 0. The van der Waals surface area contributed by atoms with Crippen molar-refractivity contribution in [2.45, 2.75) is 6.92 Å². The molecule has 0 rings (SSSR count). The van der Waals surface area contributed by atoms with Crippen LogP contribution in [0.1, 0.15) is 6.92 Å². The van der Waals surface area contributed by atoms with Gasteiger partial charge in [0.25, 0.3) is 0 Å². The molecule has 0 saturated heterocycles. The van der Waals surface area contributed by atoms with Crippen LogP contribution in [0.5, 0.6) is 0 Å². The van der Waals surface area contributed by atoms with Crippen molar-refractivity contribution >= 4 is 12.8 Å². The first-order valence-corrected chi connectivity index (χ1v) is 2.32. The predicted octanol–water partition coefficient (Wildman–Crippen LogP) is -0.457. The molecule has 0 saturated carbocycles. The van der Waals surface area contributed by atoms with E-state index in [-0.39, 0.29) is 79.5 Å². The molecule has 0 aromatic carbocycles. The molecule has 0 aromatic heterocycles. The standard InChI is InChI=1S/C3H4N2O2.C2H5.CH3.2Y/c6-2-4-1-5-3-7;1-2;;;/h1H2,(H,4,6)(H,5,7);1H2,2H3;1H3;;/q-2;2*-1;;. The Hall–Kier alpha value is 1.15. The summed E-state index contributed by atoms with van der Waals surface area (Å²) < 4.78 is 0. The molecule has 0 aliphatic rings. The second-order valence-electron chi connectivity index (χ2n) is 0.734. The Bertz CT molecular complexity index is 66.6. The fourth-order valence-corrected chi connectivity index (χ4v) is 0.116. The number of nitrogens with one attached hydrogen (secondary N) is 2. The van der Waals surface area contributed by atoms with Crippen molar-refractivity contribution in [3.05, 3.63) is 14.4 Å². The van der Waals surface area contributed by atoms with E-state index in [0.29, 0.717) is 0 Å². The summed E-state index contributed by atoms with van der Waals surface area (Å²) >= 11 is 0. The smallest absolute Gasteiger partial charge is 0.0290 e. The summed E-state index contributed by atoms with van der Waals surface area (Å²) in [6.07, 6.45) is 2.72. The quantitative estimate of drug-likeness (QED) is 0.319. The summed E-state index contributed by atoms with van der Waals surface area (Å²) in [5.74, 6) is 0. The van der Waals surface area contributed by atoms with Gasteiger partial charge in [0.05, 0.1) is 0 Å². The topological polar surface area (TPSA) is 58.2 Å². The third kappa shape index (κ3) is 43.3. The van der Waals surface area contributed by atoms with Crippen LogP contribution in [0.15, 0.2) is 0 Å². The third-order valence-electron chi connectivity index (χ3n) is 0.321. The normalized spacial score (nSPS) is 4.50. The van der Waals surface area contributed by atoms with Gasteiger partial charge in [0.15, 0.2) is 0 Å². The molecule has 2 amide bonds. The van der Waals surface area contributed by atoms with Crippen LogP contribution in [-0.4, -0.2) is 19.5 Å². The Morgan fingerprint density at radius 2 is 1.33 bits per heavy atom. The van der Waals surface area contributed by atoms with Crippen LogP contribution in [-0.2, 0) is 75.0 Å². The van der Waals surface area contributed by atoms with Gasteiger partial charge in [0.2, 0.25) is 0 Å². The summed E-state index contributed by atoms with van der Waals surface area (Å²) in [6, 6.07) is 0. The van der Waals surface area contributed by atoms with Crippen LogP contribution < -0.4 is 10.6 Å². The van der Waals surface area contributed by atoms with Gasteiger partial charge in [0, 0.05) is 72.1 Å². The molecule has 0 aliphatic heterocycles. The van der Waals surface area contributed by atoms with E-state index in [0.717, 1.165) is 0 Å². The van der Waals surface area contributed by atoms with Gasteiger partial charge in [-0.05, 0) is 0 Å². The maximum atomic E-state index is 9.27. The van der Waals surface area contributed by atoms with E-state index in [1.807, 2.05) is 0 Å². The molecule has 0 heterocycles. The Morgan fingerprint density at radius 1 is 1.08 bits per heavy atom.